The summed E-state index contributed by atoms with van der Waals surface area (Å²) < 4.78 is 27.7. The molecule has 1 fully saturated rings. The average Bonchev–Trinajstić information content (AvgIpc) is 2.55. The molecule has 1 aliphatic heterocycles. The van der Waals surface area contributed by atoms with Gasteiger partial charge in [-0.25, -0.2) is 8.42 Å². The van der Waals surface area contributed by atoms with Crippen LogP contribution in [0.1, 0.15) is 13.3 Å². The summed E-state index contributed by atoms with van der Waals surface area (Å²) in [6.45, 7) is 2.06. The second-order valence-electron chi connectivity index (χ2n) is 4.49. The van der Waals surface area contributed by atoms with E-state index in [0.717, 1.165) is 0 Å². The van der Waals surface area contributed by atoms with E-state index in [0.29, 0.717) is 6.61 Å². The van der Waals surface area contributed by atoms with E-state index in [1.807, 2.05) is 6.07 Å². The third-order valence-electron chi connectivity index (χ3n) is 3.09. The van der Waals surface area contributed by atoms with Gasteiger partial charge in [0, 0.05) is 13.0 Å². The second-order valence-corrected chi connectivity index (χ2v) is 6.67. The van der Waals surface area contributed by atoms with Gasteiger partial charge in [0.1, 0.15) is 0 Å². The molecule has 1 heterocycles. The first-order valence-electron chi connectivity index (χ1n) is 5.15. The quantitative estimate of drug-likeness (QED) is 0.753. The van der Waals surface area contributed by atoms with Crippen molar-refractivity contribution in [3.63, 3.8) is 0 Å². The Bertz CT molecular complexity index is 386. The largest absolute Gasteiger partial charge is 0.391 e. The van der Waals surface area contributed by atoms with Gasteiger partial charge in [0.05, 0.1) is 35.7 Å². The fourth-order valence-electron chi connectivity index (χ4n) is 2.16. The molecule has 0 bridgehead atoms. The molecule has 16 heavy (non-hydrogen) atoms. The Labute approximate surface area is 95.9 Å². The summed E-state index contributed by atoms with van der Waals surface area (Å²) in [6.07, 6.45) is -0.754. The summed E-state index contributed by atoms with van der Waals surface area (Å²) in [4.78, 5) is 0. The van der Waals surface area contributed by atoms with Crippen molar-refractivity contribution in [2.75, 3.05) is 25.2 Å². The number of sulfone groups is 1. The van der Waals surface area contributed by atoms with Gasteiger partial charge >= 0.3 is 0 Å². The summed E-state index contributed by atoms with van der Waals surface area (Å²) in [7, 11) is -1.68. The van der Waals surface area contributed by atoms with Crippen molar-refractivity contribution in [1.29, 1.82) is 5.26 Å². The topological polar surface area (TPSA) is 87.4 Å². The van der Waals surface area contributed by atoms with Crippen molar-refractivity contribution in [2.45, 2.75) is 19.4 Å². The first-order chi connectivity index (χ1) is 7.37. The minimum atomic E-state index is -3.18. The van der Waals surface area contributed by atoms with Gasteiger partial charge in [-0.3, -0.25) is 0 Å². The number of aliphatic hydroxyl groups excluding tert-OH is 1. The fourth-order valence-corrected chi connectivity index (χ4v) is 4.14. The van der Waals surface area contributed by atoms with Crippen LogP contribution < -0.4 is 0 Å². The fraction of sp³-hybridized carbons (Fsp3) is 0.900. The number of hydrogen-bond donors (Lipinski definition) is 1. The Morgan fingerprint density at radius 2 is 2.25 bits per heavy atom. The van der Waals surface area contributed by atoms with Crippen LogP contribution in [-0.2, 0) is 14.6 Å². The molecule has 0 aliphatic carbocycles. The van der Waals surface area contributed by atoms with Crippen molar-refractivity contribution in [2.24, 2.45) is 11.3 Å². The van der Waals surface area contributed by atoms with Gasteiger partial charge in [-0.15, -0.1) is 0 Å². The SMILES string of the molecule is COCC(C)C(O)C1(C#N)CCS(=O)(=O)C1. The Hall–Kier alpha value is -0.640. The van der Waals surface area contributed by atoms with Gasteiger partial charge in [0.2, 0.25) is 0 Å². The molecule has 0 aromatic rings. The van der Waals surface area contributed by atoms with Crippen LogP contribution in [0, 0.1) is 22.7 Å². The zero-order valence-corrected chi connectivity index (χ0v) is 10.3. The number of methoxy groups -OCH3 is 1. The summed E-state index contributed by atoms with van der Waals surface area (Å²) in [5, 5.41) is 19.2. The lowest BCUT2D eigenvalue weighted by atomic mass is 9.78. The zero-order valence-electron chi connectivity index (χ0n) is 9.51. The number of nitrogens with zero attached hydrogens (tertiary/aromatic N) is 1. The number of hydrogen-bond acceptors (Lipinski definition) is 5. The predicted octanol–water partition coefficient (Wildman–Crippen LogP) is -0.0417. The van der Waals surface area contributed by atoms with Gasteiger partial charge in [-0.05, 0) is 6.42 Å². The molecule has 0 aromatic heterocycles. The molecule has 0 radical (unpaired) electrons. The maximum Gasteiger partial charge on any atom is 0.152 e. The molecule has 0 saturated carbocycles. The maximum absolute atomic E-state index is 11.4. The van der Waals surface area contributed by atoms with Gasteiger partial charge in [0.15, 0.2) is 9.84 Å². The standard InChI is InChI=1S/C10H17NO4S/c1-8(5-15-2)9(12)10(6-11)3-4-16(13,14)7-10/h8-9,12H,3-5,7H2,1-2H3. The first-order valence-corrected chi connectivity index (χ1v) is 6.98. The molecule has 1 aliphatic rings. The number of rotatable bonds is 4. The Kier molecular flexibility index (Phi) is 3.94. The van der Waals surface area contributed by atoms with Crippen molar-refractivity contribution < 1.29 is 18.3 Å². The van der Waals surface area contributed by atoms with E-state index >= 15 is 0 Å². The third-order valence-corrected chi connectivity index (χ3v) is 4.88. The molecule has 0 aromatic carbocycles. The molecule has 1 N–H and O–H groups in total. The van der Waals surface area contributed by atoms with Crippen LogP contribution in [0.3, 0.4) is 0 Å². The average molecular weight is 247 g/mol. The second kappa shape index (κ2) is 4.70. The summed E-state index contributed by atoms with van der Waals surface area (Å²) in [5.74, 6) is -0.513. The molecule has 3 atom stereocenters. The van der Waals surface area contributed by atoms with Crippen LogP contribution in [0.2, 0.25) is 0 Å². The molecule has 1 saturated heterocycles. The smallest absolute Gasteiger partial charge is 0.152 e. The first kappa shape index (κ1) is 13.4. The van der Waals surface area contributed by atoms with E-state index < -0.39 is 21.4 Å². The lowest BCUT2D eigenvalue weighted by Gasteiger charge is -2.30. The van der Waals surface area contributed by atoms with Crippen molar-refractivity contribution in [3.05, 3.63) is 0 Å². The Morgan fingerprint density at radius 1 is 1.62 bits per heavy atom. The van der Waals surface area contributed by atoms with Gasteiger partial charge in [-0.1, -0.05) is 6.92 Å². The van der Waals surface area contributed by atoms with Gasteiger partial charge < -0.3 is 9.84 Å². The predicted molar refractivity (Wildman–Crippen MR) is 58.4 cm³/mol. The van der Waals surface area contributed by atoms with E-state index in [1.165, 1.54) is 7.11 Å². The molecule has 0 amide bonds. The zero-order chi connectivity index (χ0) is 12.4. The van der Waals surface area contributed by atoms with Crippen molar-refractivity contribution in [1.82, 2.24) is 0 Å². The van der Waals surface area contributed by atoms with Crippen molar-refractivity contribution >= 4 is 9.84 Å². The van der Waals surface area contributed by atoms with Crippen molar-refractivity contribution in [3.8, 4) is 6.07 Å². The number of ether oxygens (including phenoxy) is 1. The van der Waals surface area contributed by atoms with E-state index in [1.54, 1.807) is 6.92 Å². The number of nitriles is 1. The third kappa shape index (κ3) is 2.54. The highest BCUT2D eigenvalue weighted by molar-refractivity contribution is 7.91. The van der Waals surface area contributed by atoms with Gasteiger partial charge in [0.25, 0.3) is 0 Å². The molecular weight excluding hydrogens is 230 g/mol. The van der Waals surface area contributed by atoms with Crippen LogP contribution >= 0.6 is 0 Å². The van der Waals surface area contributed by atoms with Crippen LogP contribution in [0.4, 0.5) is 0 Å². The highest BCUT2D eigenvalue weighted by Crippen LogP contribution is 2.37. The molecule has 3 unspecified atom stereocenters. The van der Waals surface area contributed by atoms with Gasteiger partial charge in [-0.2, -0.15) is 5.26 Å². The Morgan fingerprint density at radius 3 is 2.62 bits per heavy atom. The molecular formula is C10H17NO4S. The lowest BCUT2D eigenvalue weighted by Crippen LogP contribution is -2.41. The lowest BCUT2D eigenvalue weighted by molar-refractivity contribution is -0.000146. The summed E-state index contributed by atoms with van der Waals surface area (Å²) in [5.41, 5.74) is -1.16. The van der Waals surface area contributed by atoms with E-state index in [4.69, 9.17) is 10.00 Å². The van der Waals surface area contributed by atoms with E-state index in [2.05, 4.69) is 0 Å². The molecule has 0 spiro atoms. The van der Waals surface area contributed by atoms with E-state index in [9.17, 15) is 13.5 Å². The monoisotopic (exact) mass is 247 g/mol. The highest BCUT2D eigenvalue weighted by atomic mass is 32.2. The highest BCUT2D eigenvalue weighted by Gasteiger charge is 2.49. The minimum absolute atomic E-state index is 0.0165. The van der Waals surface area contributed by atoms with Crippen LogP contribution in [0.5, 0.6) is 0 Å². The molecule has 92 valence electrons. The molecule has 1 rings (SSSR count). The summed E-state index contributed by atoms with van der Waals surface area (Å²) in [6, 6.07) is 1.99. The van der Waals surface area contributed by atoms with E-state index in [-0.39, 0.29) is 23.8 Å². The van der Waals surface area contributed by atoms with Crippen LogP contribution in [0.15, 0.2) is 0 Å². The molecule has 6 heteroatoms. The normalized spacial score (nSPS) is 31.9. The summed E-state index contributed by atoms with van der Waals surface area (Å²) >= 11 is 0. The van der Waals surface area contributed by atoms with Crippen LogP contribution in [0.25, 0.3) is 0 Å². The minimum Gasteiger partial charge on any atom is -0.391 e. The maximum atomic E-state index is 11.4. The number of aliphatic hydroxyl groups is 1. The Balaban J connectivity index is 2.87. The molecule has 5 nitrogen and oxygen atoms in total. The van der Waals surface area contributed by atoms with Crippen LogP contribution in [-0.4, -0.2) is 44.9 Å².